The summed E-state index contributed by atoms with van der Waals surface area (Å²) in [5.41, 5.74) is 0.428. The topological polar surface area (TPSA) is 40.6 Å². The van der Waals surface area contributed by atoms with Crippen molar-refractivity contribution in [2.45, 2.75) is 10.8 Å². The van der Waals surface area contributed by atoms with Crippen molar-refractivity contribution >= 4 is 44.8 Å². The van der Waals surface area contributed by atoms with Crippen LogP contribution in [0.15, 0.2) is 17.0 Å². The first-order chi connectivity index (χ1) is 9.21. The molecule has 0 heterocycles. The van der Waals surface area contributed by atoms with Crippen LogP contribution in [0.2, 0.25) is 10.0 Å². The van der Waals surface area contributed by atoms with Crippen LogP contribution >= 0.6 is 34.8 Å². The van der Waals surface area contributed by atoms with Crippen molar-refractivity contribution in [2.24, 2.45) is 0 Å². The third kappa shape index (κ3) is 4.00. The third-order valence-electron chi connectivity index (χ3n) is 2.83. The van der Waals surface area contributed by atoms with Crippen LogP contribution in [0.4, 0.5) is 0 Å². The lowest BCUT2D eigenvalue weighted by molar-refractivity contribution is 0.358. The lowest BCUT2D eigenvalue weighted by Gasteiger charge is -2.20. The summed E-state index contributed by atoms with van der Waals surface area (Å²) < 4.78 is 26.2. The van der Waals surface area contributed by atoms with E-state index < -0.39 is 10.0 Å². The molecule has 0 saturated carbocycles. The second kappa shape index (κ2) is 7.29. The minimum atomic E-state index is -3.66. The van der Waals surface area contributed by atoms with Gasteiger partial charge in [-0.3, -0.25) is 0 Å². The summed E-state index contributed by atoms with van der Waals surface area (Å²) in [6.45, 7) is 0.980. The zero-order valence-electron chi connectivity index (χ0n) is 11.5. The standard InChI is InChI=1S/C12H17Cl3N2O2S/c1-16(2)6-7-17(3)20(18,19)11-5-4-10(14)9(8-13)12(11)15/h4-5H,6-8H2,1-3H3. The Morgan fingerprint density at radius 1 is 1.10 bits per heavy atom. The molecule has 0 aromatic heterocycles. The molecule has 1 aromatic rings. The zero-order chi connectivity index (χ0) is 15.5. The zero-order valence-corrected chi connectivity index (χ0v) is 14.6. The molecule has 1 aromatic carbocycles. The number of halogens is 3. The van der Waals surface area contributed by atoms with Crippen molar-refractivity contribution in [2.75, 3.05) is 34.2 Å². The molecule has 0 radical (unpaired) electrons. The maximum atomic E-state index is 12.5. The Bertz CT molecular complexity index is 576. The number of alkyl halides is 1. The van der Waals surface area contributed by atoms with E-state index in [4.69, 9.17) is 34.8 Å². The molecule has 0 aliphatic carbocycles. The molecule has 4 nitrogen and oxygen atoms in total. The van der Waals surface area contributed by atoms with Crippen LogP contribution in [-0.4, -0.2) is 51.9 Å². The Kier molecular flexibility index (Phi) is 6.57. The van der Waals surface area contributed by atoms with E-state index >= 15 is 0 Å². The van der Waals surface area contributed by atoms with Crippen LogP contribution in [0.5, 0.6) is 0 Å². The van der Waals surface area contributed by atoms with E-state index in [1.165, 1.54) is 23.5 Å². The molecule has 0 atom stereocenters. The Labute approximate surface area is 135 Å². The molecule has 114 valence electrons. The van der Waals surface area contributed by atoms with E-state index in [1.807, 2.05) is 19.0 Å². The average molecular weight is 360 g/mol. The monoisotopic (exact) mass is 358 g/mol. The van der Waals surface area contributed by atoms with Crippen molar-refractivity contribution < 1.29 is 8.42 Å². The number of hydrogen-bond donors (Lipinski definition) is 0. The summed E-state index contributed by atoms with van der Waals surface area (Å²) >= 11 is 17.8. The van der Waals surface area contributed by atoms with Crippen LogP contribution in [0.25, 0.3) is 0 Å². The normalized spacial score (nSPS) is 12.4. The van der Waals surface area contributed by atoms with Gasteiger partial charge >= 0.3 is 0 Å². The van der Waals surface area contributed by atoms with Gasteiger partial charge in [0.15, 0.2) is 0 Å². The minimum absolute atomic E-state index is 0.0282. The maximum absolute atomic E-state index is 12.5. The molecule has 1 rings (SSSR count). The highest BCUT2D eigenvalue weighted by Gasteiger charge is 2.25. The average Bonchev–Trinajstić information content (AvgIpc) is 2.35. The van der Waals surface area contributed by atoms with Crippen molar-refractivity contribution in [1.29, 1.82) is 0 Å². The predicted octanol–water partition coefficient (Wildman–Crippen LogP) is 2.91. The number of benzene rings is 1. The van der Waals surface area contributed by atoms with Gasteiger partial charge in [-0.15, -0.1) is 11.6 Å². The van der Waals surface area contributed by atoms with E-state index in [2.05, 4.69) is 0 Å². The largest absolute Gasteiger partial charge is 0.308 e. The Balaban J connectivity index is 3.16. The van der Waals surface area contributed by atoms with Crippen LogP contribution in [0, 0.1) is 0 Å². The van der Waals surface area contributed by atoms with Gasteiger partial charge < -0.3 is 4.90 Å². The van der Waals surface area contributed by atoms with E-state index in [0.717, 1.165) is 0 Å². The highest BCUT2D eigenvalue weighted by atomic mass is 35.5. The number of likely N-dealkylation sites (N-methyl/N-ethyl adjacent to an activating group) is 2. The summed E-state index contributed by atoms with van der Waals surface area (Å²) in [4.78, 5) is 1.93. The van der Waals surface area contributed by atoms with Crippen molar-refractivity contribution in [1.82, 2.24) is 9.21 Å². The fourth-order valence-corrected chi connectivity index (χ4v) is 3.99. The third-order valence-corrected chi connectivity index (χ3v) is 5.90. The Morgan fingerprint density at radius 3 is 2.20 bits per heavy atom. The first kappa shape index (κ1) is 18.0. The second-order valence-electron chi connectivity index (χ2n) is 4.60. The van der Waals surface area contributed by atoms with E-state index in [9.17, 15) is 8.42 Å². The van der Waals surface area contributed by atoms with E-state index in [0.29, 0.717) is 23.7 Å². The van der Waals surface area contributed by atoms with Gasteiger partial charge in [0, 0.05) is 30.7 Å². The van der Waals surface area contributed by atoms with Gasteiger partial charge in [0.2, 0.25) is 10.0 Å². The number of sulfonamides is 1. The Hall–Kier alpha value is -0.0400. The Morgan fingerprint density at radius 2 is 1.70 bits per heavy atom. The molecular formula is C12H17Cl3N2O2S. The smallest absolute Gasteiger partial charge is 0.244 e. The molecule has 0 fully saturated rings. The molecular weight excluding hydrogens is 343 g/mol. The quantitative estimate of drug-likeness (QED) is 0.733. The van der Waals surface area contributed by atoms with Gasteiger partial charge in [-0.2, -0.15) is 4.31 Å². The van der Waals surface area contributed by atoms with Crippen molar-refractivity contribution in [3.8, 4) is 0 Å². The first-order valence-electron chi connectivity index (χ1n) is 5.85. The maximum Gasteiger partial charge on any atom is 0.244 e. The van der Waals surface area contributed by atoms with Crippen LogP contribution < -0.4 is 0 Å². The molecule has 0 bridgehead atoms. The van der Waals surface area contributed by atoms with Gasteiger partial charge in [-0.1, -0.05) is 23.2 Å². The summed E-state index contributed by atoms with van der Waals surface area (Å²) in [6.07, 6.45) is 0. The molecule has 0 aliphatic rings. The lowest BCUT2D eigenvalue weighted by atomic mass is 10.2. The van der Waals surface area contributed by atoms with Gasteiger partial charge in [-0.05, 0) is 26.2 Å². The second-order valence-corrected chi connectivity index (χ2v) is 7.67. The highest BCUT2D eigenvalue weighted by molar-refractivity contribution is 7.89. The summed E-state index contributed by atoms with van der Waals surface area (Å²) in [5.74, 6) is 0.0580. The molecule has 0 aliphatic heterocycles. The predicted molar refractivity (Wildman–Crippen MR) is 84.4 cm³/mol. The molecule has 20 heavy (non-hydrogen) atoms. The van der Waals surface area contributed by atoms with Gasteiger partial charge in [0.1, 0.15) is 4.90 Å². The molecule has 0 spiro atoms. The number of nitrogens with zero attached hydrogens (tertiary/aromatic N) is 2. The fraction of sp³-hybridized carbons (Fsp3) is 0.500. The molecule has 0 amide bonds. The van der Waals surface area contributed by atoms with Gasteiger partial charge in [0.05, 0.1) is 10.9 Å². The van der Waals surface area contributed by atoms with Crippen LogP contribution in [0.3, 0.4) is 0 Å². The van der Waals surface area contributed by atoms with E-state index in [1.54, 1.807) is 0 Å². The summed E-state index contributed by atoms with van der Waals surface area (Å²) in [7, 11) is 1.61. The van der Waals surface area contributed by atoms with Crippen molar-refractivity contribution in [3.05, 3.63) is 27.7 Å². The highest BCUT2D eigenvalue weighted by Crippen LogP contribution is 2.33. The van der Waals surface area contributed by atoms with Crippen LogP contribution in [-0.2, 0) is 15.9 Å². The molecule has 0 unspecified atom stereocenters. The lowest BCUT2D eigenvalue weighted by Crippen LogP contribution is -2.33. The molecule has 0 N–H and O–H groups in total. The fourth-order valence-electron chi connectivity index (χ4n) is 1.53. The minimum Gasteiger partial charge on any atom is -0.308 e. The van der Waals surface area contributed by atoms with E-state index in [-0.39, 0.29) is 15.8 Å². The van der Waals surface area contributed by atoms with Crippen LogP contribution in [0.1, 0.15) is 5.56 Å². The number of rotatable bonds is 6. The number of hydrogen-bond acceptors (Lipinski definition) is 3. The SMILES string of the molecule is CN(C)CCN(C)S(=O)(=O)c1ccc(Cl)c(CCl)c1Cl. The molecule has 0 saturated heterocycles. The van der Waals surface area contributed by atoms with Gasteiger partial charge in [0.25, 0.3) is 0 Å². The van der Waals surface area contributed by atoms with Crippen molar-refractivity contribution in [3.63, 3.8) is 0 Å². The summed E-state index contributed by atoms with van der Waals surface area (Å²) in [6, 6.07) is 2.90. The summed E-state index contributed by atoms with van der Waals surface area (Å²) in [5, 5.41) is 0.448. The first-order valence-corrected chi connectivity index (χ1v) is 8.58. The van der Waals surface area contributed by atoms with Gasteiger partial charge in [-0.25, -0.2) is 8.42 Å². The molecule has 8 heteroatoms.